The quantitative estimate of drug-likeness (QED) is 0.406. The summed E-state index contributed by atoms with van der Waals surface area (Å²) in [7, 11) is 1.62. The second-order valence-corrected chi connectivity index (χ2v) is 7.49. The molecule has 0 saturated carbocycles. The van der Waals surface area contributed by atoms with E-state index in [9.17, 15) is 4.79 Å². The summed E-state index contributed by atoms with van der Waals surface area (Å²) in [6, 6.07) is 7.22. The van der Waals surface area contributed by atoms with Crippen LogP contribution < -0.4 is 10.1 Å². The van der Waals surface area contributed by atoms with E-state index in [1.54, 1.807) is 30.5 Å². The Labute approximate surface area is 169 Å². The predicted molar refractivity (Wildman–Crippen MR) is 110 cm³/mol. The van der Waals surface area contributed by atoms with Gasteiger partial charge in [0, 0.05) is 11.4 Å². The lowest BCUT2D eigenvalue weighted by Gasteiger charge is -2.28. The van der Waals surface area contributed by atoms with E-state index >= 15 is 0 Å². The fraction of sp³-hybridized carbons (Fsp3) is 0.450. The van der Waals surface area contributed by atoms with Crippen LogP contribution in [-0.2, 0) is 9.53 Å². The highest BCUT2D eigenvalue weighted by Crippen LogP contribution is 2.37. The molecule has 28 heavy (non-hydrogen) atoms. The average molecular weight is 403 g/mol. The number of esters is 1. The number of nitrogens with zero attached hydrogens (tertiary/aromatic N) is 3. The lowest BCUT2D eigenvalue weighted by Crippen LogP contribution is -2.29. The monoisotopic (exact) mass is 402 g/mol. The van der Waals surface area contributed by atoms with Crippen LogP contribution >= 0.6 is 11.8 Å². The van der Waals surface area contributed by atoms with Gasteiger partial charge >= 0.3 is 5.97 Å². The number of hydrogen-bond acceptors (Lipinski definition) is 7. The van der Waals surface area contributed by atoms with Crippen molar-refractivity contribution in [2.24, 2.45) is 0 Å². The van der Waals surface area contributed by atoms with Crippen LogP contribution in [0, 0.1) is 0 Å². The van der Waals surface area contributed by atoms with Crippen LogP contribution in [0.5, 0.6) is 5.75 Å². The number of carbonyl (C=O) groups excluding carboxylic acids is 1. The van der Waals surface area contributed by atoms with Gasteiger partial charge in [-0.2, -0.15) is 4.98 Å². The van der Waals surface area contributed by atoms with Crippen LogP contribution in [0.3, 0.4) is 0 Å². The molecule has 3 rings (SSSR count). The maximum atomic E-state index is 12.8. The normalized spacial score (nSPS) is 15.8. The minimum atomic E-state index is -0.432. The minimum Gasteiger partial charge on any atom is -0.497 e. The molecular weight excluding hydrogens is 376 g/mol. The molecule has 0 spiro atoms. The van der Waals surface area contributed by atoms with E-state index in [1.165, 1.54) is 0 Å². The van der Waals surface area contributed by atoms with Crippen molar-refractivity contribution in [1.29, 1.82) is 0 Å². The molecule has 8 heteroatoms. The molecule has 1 unspecified atom stereocenters. The van der Waals surface area contributed by atoms with Gasteiger partial charge in [-0.1, -0.05) is 37.2 Å². The number of unbranched alkanes of at least 4 members (excludes halogenated alkanes) is 1. The minimum absolute atomic E-state index is 0.308. The molecular formula is C20H26N4O3S. The van der Waals surface area contributed by atoms with Crippen molar-refractivity contribution >= 4 is 23.7 Å². The van der Waals surface area contributed by atoms with Crippen molar-refractivity contribution in [3.05, 3.63) is 41.1 Å². The van der Waals surface area contributed by atoms with Gasteiger partial charge < -0.3 is 14.8 Å². The average Bonchev–Trinajstić information content (AvgIpc) is 3.09. The van der Waals surface area contributed by atoms with Crippen molar-refractivity contribution < 1.29 is 14.3 Å². The molecule has 0 aliphatic carbocycles. The molecule has 0 radical (unpaired) electrons. The summed E-state index contributed by atoms with van der Waals surface area (Å²) in [6.07, 6.45) is 2.23. The zero-order valence-corrected chi connectivity index (χ0v) is 17.5. The van der Waals surface area contributed by atoms with Gasteiger partial charge in [0.25, 0.3) is 0 Å². The van der Waals surface area contributed by atoms with Crippen molar-refractivity contribution in [2.45, 2.75) is 44.8 Å². The lowest BCUT2D eigenvalue weighted by molar-refractivity contribution is -0.139. The van der Waals surface area contributed by atoms with Gasteiger partial charge in [-0.25, -0.2) is 9.48 Å². The first-order valence-electron chi connectivity index (χ1n) is 9.47. The summed E-state index contributed by atoms with van der Waals surface area (Å²) in [4.78, 5) is 17.4. The van der Waals surface area contributed by atoms with Gasteiger partial charge in [0.05, 0.1) is 19.3 Å². The first kappa shape index (κ1) is 20.3. The summed E-state index contributed by atoms with van der Waals surface area (Å²) in [5, 5.41) is 8.59. The molecule has 150 valence electrons. The predicted octanol–water partition coefficient (Wildman–Crippen LogP) is 4.03. The fourth-order valence-corrected chi connectivity index (χ4v) is 4.01. The smallest absolute Gasteiger partial charge is 0.338 e. The van der Waals surface area contributed by atoms with E-state index < -0.39 is 6.04 Å². The zero-order valence-electron chi connectivity index (χ0n) is 16.7. The summed E-state index contributed by atoms with van der Waals surface area (Å²) in [5.41, 5.74) is 2.13. The first-order chi connectivity index (χ1) is 13.6. The van der Waals surface area contributed by atoms with E-state index in [4.69, 9.17) is 9.47 Å². The van der Waals surface area contributed by atoms with Gasteiger partial charge in [-0.15, -0.1) is 5.10 Å². The van der Waals surface area contributed by atoms with E-state index in [0.717, 1.165) is 35.6 Å². The fourth-order valence-electron chi connectivity index (χ4n) is 3.09. The number of hydrogen-bond donors (Lipinski definition) is 1. The van der Waals surface area contributed by atoms with Gasteiger partial charge in [-0.05, 0) is 38.0 Å². The molecule has 2 aromatic rings. The molecule has 1 aliphatic rings. The summed E-state index contributed by atoms with van der Waals surface area (Å²) < 4.78 is 12.5. The van der Waals surface area contributed by atoms with E-state index in [1.807, 2.05) is 31.2 Å². The molecule has 0 bridgehead atoms. The first-order valence-corrected chi connectivity index (χ1v) is 10.5. The second kappa shape index (κ2) is 9.14. The topological polar surface area (TPSA) is 78.3 Å². The van der Waals surface area contributed by atoms with Crippen molar-refractivity contribution in [2.75, 3.05) is 24.8 Å². The number of carbonyl (C=O) groups is 1. The molecule has 1 aromatic carbocycles. The number of ether oxygens (including phenoxy) is 2. The van der Waals surface area contributed by atoms with Crippen molar-refractivity contribution in [1.82, 2.24) is 14.8 Å². The second-order valence-electron chi connectivity index (χ2n) is 6.43. The van der Waals surface area contributed by atoms with Gasteiger partial charge in [-0.3, -0.25) is 0 Å². The molecule has 0 saturated heterocycles. The molecule has 1 aromatic heterocycles. The van der Waals surface area contributed by atoms with Crippen LogP contribution in [0.2, 0.25) is 0 Å². The number of benzene rings is 1. The highest BCUT2D eigenvalue weighted by atomic mass is 32.2. The Morgan fingerprint density at radius 2 is 2.18 bits per heavy atom. The standard InChI is InChI=1S/C20H26N4O3S/c1-5-7-11-28-20-22-19-21-13(3)16(18(25)27-6-2)17(24(19)23-20)14-9-8-10-15(12-14)26-4/h8-10,12,17H,5-7,11H2,1-4H3,(H,21,22,23). The van der Waals surface area contributed by atoms with E-state index in [-0.39, 0.29) is 5.97 Å². The van der Waals surface area contributed by atoms with Gasteiger partial charge in [0.15, 0.2) is 0 Å². The van der Waals surface area contributed by atoms with E-state index in [0.29, 0.717) is 23.3 Å². The Kier molecular flexibility index (Phi) is 6.61. The van der Waals surface area contributed by atoms with Crippen LogP contribution in [0.25, 0.3) is 0 Å². The molecule has 2 heterocycles. The van der Waals surface area contributed by atoms with Crippen LogP contribution in [0.1, 0.15) is 45.2 Å². The molecule has 1 atom stereocenters. The van der Waals surface area contributed by atoms with Crippen LogP contribution in [-0.4, -0.2) is 40.2 Å². The third-order valence-corrected chi connectivity index (χ3v) is 5.39. The Bertz CT molecular complexity index is 878. The Balaban J connectivity index is 2.05. The highest BCUT2D eigenvalue weighted by Gasteiger charge is 2.35. The molecule has 0 amide bonds. The van der Waals surface area contributed by atoms with Crippen LogP contribution in [0.15, 0.2) is 40.7 Å². The number of rotatable bonds is 8. The summed E-state index contributed by atoms with van der Waals surface area (Å²) in [5.74, 6) is 1.94. The number of fused-ring (bicyclic) bond motifs is 1. The third kappa shape index (κ3) is 4.16. The number of allylic oxidation sites excluding steroid dienone is 1. The molecule has 1 N–H and O–H groups in total. The van der Waals surface area contributed by atoms with E-state index in [2.05, 4.69) is 22.3 Å². The Hall–Kier alpha value is -2.48. The molecule has 7 nitrogen and oxygen atoms in total. The summed E-state index contributed by atoms with van der Waals surface area (Å²) >= 11 is 1.62. The maximum absolute atomic E-state index is 12.8. The van der Waals surface area contributed by atoms with Crippen molar-refractivity contribution in [3.63, 3.8) is 0 Å². The zero-order chi connectivity index (χ0) is 20.1. The van der Waals surface area contributed by atoms with Crippen molar-refractivity contribution in [3.8, 4) is 5.75 Å². The van der Waals surface area contributed by atoms with Crippen LogP contribution in [0.4, 0.5) is 5.95 Å². The number of nitrogens with one attached hydrogen (secondary N) is 1. The Morgan fingerprint density at radius 3 is 2.89 bits per heavy atom. The number of thioether (sulfide) groups is 1. The summed E-state index contributed by atoms with van der Waals surface area (Å²) in [6.45, 7) is 6.13. The number of aromatic nitrogens is 3. The van der Waals surface area contributed by atoms with Gasteiger partial charge in [0.2, 0.25) is 11.1 Å². The number of anilines is 1. The highest BCUT2D eigenvalue weighted by molar-refractivity contribution is 7.99. The molecule has 0 fully saturated rings. The lowest BCUT2D eigenvalue weighted by atomic mass is 9.95. The van der Waals surface area contributed by atoms with Gasteiger partial charge in [0.1, 0.15) is 11.8 Å². The Morgan fingerprint density at radius 1 is 1.36 bits per heavy atom. The third-order valence-electron chi connectivity index (χ3n) is 4.47. The molecule has 1 aliphatic heterocycles. The number of methoxy groups -OCH3 is 1. The largest absolute Gasteiger partial charge is 0.497 e. The maximum Gasteiger partial charge on any atom is 0.338 e. The SMILES string of the molecule is CCCCSc1nc2n(n1)C(c1cccc(OC)c1)C(C(=O)OCC)=C(C)N2.